The Hall–Kier alpha value is -2.17. The van der Waals surface area contributed by atoms with E-state index in [1.54, 1.807) is 12.1 Å². The first-order valence-corrected chi connectivity index (χ1v) is 5.39. The lowest BCUT2D eigenvalue weighted by atomic mass is 10.2. The highest BCUT2D eigenvalue weighted by atomic mass is 19.1. The first-order valence-electron chi connectivity index (χ1n) is 5.39. The molecule has 0 fully saturated rings. The number of anilines is 3. The molecule has 1 aromatic carbocycles. The number of benzene rings is 1. The van der Waals surface area contributed by atoms with Crippen LogP contribution in [-0.2, 0) is 6.42 Å². The largest absolute Gasteiger partial charge is 0.382 e. The molecule has 0 radical (unpaired) electrons. The third-order valence-electron chi connectivity index (χ3n) is 2.89. The molecule has 0 bridgehead atoms. The summed E-state index contributed by atoms with van der Waals surface area (Å²) in [7, 11) is 0. The smallest absolute Gasteiger partial charge is 0.155 e. The second kappa shape index (κ2) is 3.69. The fourth-order valence-corrected chi connectivity index (χ4v) is 2.07. The minimum atomic E-state index is -0.237. The summed E-state index contributed by atoms with van der Waals surface area (Å²) in [6.45, 7) is 0.789. The highest BCUT2D eigenvalue weighted by molar-refractivity contribution is 5.67. The van der Waals surface area contributed by atoms with Gasteiger partial charge in [-0.05, 0) is 36.2 Å². The fraction of sp³-hybridized carbons (Fsp3) is 0.167. The number of nitrogens with zero attached hydrogens (tertiary/aromatic N) is 3. The van der Waals surface area contributed by atoms with E-state index in [2.05, 4.69) is 10.2 Å². The molecule has 0 spiro atoms. The van der Waals surface area contributed by atoms with Crippen molar-refractivity contribution in [1.82, 2.24) is 10.2 Å². The molecule has 1 aliphatic heterocycles. The zero-order valence-electron chi connectivity index (χ0n) is 9.10. The van der Waals surface area contributed by atoms with Gasteiger partial charge in [0.05, 0.1) is 0 Å². The maximum Gasteiger partial charge on any atom is 0.155 e. The van der Waals surface area contributed by atoms with E-state index in [-0.39, 0.29) is 5.82 Å². The standard InChI is InChI=1S/C12H11FN4/c13-9-2-1-8-5-6-17(10(8)7-9)12-4-3-11(14)15-16-12/h1-4,7H,5-6H2,(H2,14,15). The van der Waals surface area contributed by atoms with Gasteiger partial charge in [0.15, 0.2) is 5.82 Å². The van der Waals surface area contributed by atoms with E-state index in [4.69, 9.17) is 5.73 Å². The molecule has 1 aromatic heterocycles. The van der Waals surface area contributed by atoms with Crippen LogP contribution in [0.4, 0.5) is 21.7 Å². The van der Waals surface area contributed by atoms with Crippen LogP contribution in [0.3, 0.4) is 0 Å². The van der Waals surface area contributed by atoms with E-state index in [1.807, 2.05) is 11.0 Å². The van der Waals surface area contributed by atoms with Gasteiger partial charge in [-0.3, -0.25) is 0 Å². The molecule has 0 saturated carbocycles. The molecule has 4 nitrogen and oxygen atoms in total. The second-order valence-electron chi connectivity index (χ2n) is 3.99. The van der Waals surface area contributed by atoms with Gasteiger partial charge < -0.3 is 10.6 Å². The van der Waals surface area contributed by atoms with Crippen LogP contribution >= 0.6 is 0 Å². The van der Waals surface area contributed by atoms with Crippen LogP contribution in [0.5, 0.6) is 0 Å². The number of nitrogen functional groups attached to an aromatic ring is 1. The first-order chi connectivity index (χ1) is 8.24. The number of hydrogen-bond donors (Lipinski definition) is 1. The molecule has 17 heavy (non-hydrogen) atoms. The quantitative estimate of drug-likeness (QED) is 0.812. The summed E-state index contributed by atoms with van der Waals surface area (Å²) < 4.78 is 13.2. The van der Waals surface area contributed by atoms with Gasteiger partial charge in [-0.2, -0.15) is 0 Å². The van der Waals surface area contributed by atoms with Gasteiger partial charge in [-0.1, -0.05) is 6.07 Å². The number of fused-ring (bicyclic) bond motifs is 1. The van der Waals surface area contributed by atoms with E-state index in [1.165, 1.54) is 12.1 Å². The zero-order chi connectivity index (χ0) is 11.8. The molecule has 2 aromatic rings. The van der Waals surface area contributed by atoms with Crippen LogP contribution in [0, 0.1) is 5.82 Å². The number of halogens is 1. The fourth-order valence-electron chi connectivity index (χ4n) is 2.07. The molecule has 5 heteroatoms. The summed E-state index contributed by atoms with van der Waals surface area (Å²) in [4.78, 5) is 1.95. The normalized spacial score (nSPS) is 13.8. The molecule has 0 unspecified atom stereocenters. The molecule has 0 amide bonds. The minimum absolute atomic E-state index is 0.237. The van der Waals surface area contributed by atoms with Crippen molar-refractivity contribution < 1.29 is 4.39 Å². The Labute approximate surface area is 97.9 Å². The van der Waals surface area contributed by atoms with E-state index >= 15 is 0 Å². The van der Waals surface area contributed by atoms with Gasteiger partial charge in [0.25, 0.3) is 0 Å². The topological polar surface area (TPSA) is 55.0 Å². The van der Waals surface area contributed by atoms with Crippen molar-refractivity contribution in [2.75, 3.05) is 17.2 Å². The predicted molar refractivity (Wildman–Crippen MR) is 63.6 cm³/mol. The Morgan fingerprint density at radius 3 is 2.82 bits per heavy atom. The van der Waals surface area contributed by atoms with E-state index in [9.17, 15) is 4.39 Å². The highest BCUT2D eigenvalue weighted by Crippen LogP contribution is 2.33. The number of nitrogens with two attached hydrogens (primary N) is 1. The third kappa shape index (κ3) is 1.69. The third-order valence-corrected chi connectivity index (χ3v) is 2.89. The highest BCUT2D eigenvalue weighted by Gasteiger charge is 2.21. The van der Waals surface area contributed by atoms with E-state index < -0.39 is 0 Å². The molecule has 86 valence electrons. The zero-order valence-corrected chi connectivity index (χ0v) is 9.10. The molecule has 3 rings (SSSR count). The molecule has 2 heterocycles. The molecule has 0 saturated heterocycles. The summed E-state index contributed by atoms with van der Waals surface area (Å²) in [6, 6.07) is 8.31. The molecular weight excluding hydrogens is 219 g/mol. The number of hydrogen-bond acceptors (Lipinski definition) is 4. The molecule has 0 atom stereocenters. The van der Waals surface area contributed by atoms with Crippen molar-refractivity contribution >= 4 is 17.3 Å². The summed E-state index contributed by atoms with van der Waals surface area (Å²) in [5, 5.41) is 7.83. The van der Waals surface area contributed by atoms with Crippen molar-refractivity contribution in [3.05, 3.63) is 41.7 Å². The van der Waals surface area contributed by atoms with Crippen LogP contribution in [0.15, 0.2) is 30.3 Å². The van der Waals surface area contributed by atoms with Gasteiger partial charge in [0, 0.05) is 12.2 Å². The monoisotopic (exact) mass is 230 g/mol. The summed E-state index contributed by atoms with van der Waals surface area (Å²) in [6.07, 6.45) is 0.891. The molecular formula is C12H11FN4. The summed E-state index contributed by atoms with van der Waals surface area (Å²) in [5.74, 6) is 0.843. The average Bonchev–Trinajstić information content (AvgIpc) is 2.73. The van der Waals surface area contributed by atoms with Crippen LogP contribution < -0.4 is 10.6 Å². The van der Waals surface area contributed by atoms with Gasteiger partial charge >= 0.3 is 0 Å². The summed E-state index contributed by atoms with van der Waals surface area (Å²) >= 11 is 0. The van der Waals surface area contributed by atoms with Crippen molar-refractivity contribution in [3.63, 3.8) is 0 Å². The van der Waals surface area contributed by atoms with Crippen LogP contribution in [0.2, 0.25) is 0 Å². The van der Waals surface area contributed by atoms with Crippen molar-refractivity contribution in [2.24, 2.45) is 0 Å². The van der Waals surface area contributed by atoms with Crippen molar-refractivity contribution in [3.8, 4) is 0 Å². The van der Waals surface area contributed by atoms with Crippen LogP contribution in [0.1, 0.15) is 5.56 Å². The Morgan fingerprint density at radius 1 is 1.18 bits per heavy atom. The van der Waals surface area contributed by atoms with Crippen molar-refractivity contribution in [1.29, 1.82) is 0 Å². The number of aromatic nitrogens is 2. The Balaban J connectivity index is 2.03. The molecule has 2 N–H and O–H groups in total. The van der Waals surface area contributed by atoms with Gasteiger partial charge in [-0.15, -0.1) is 10.2 Å². The maximum absolute atomic E-state index is 13.2. The molecule has 1 aliphatic rings. The lowest BCUT2D eigenvalue weighted by molar-refractivity contribution is 0.628. The van der Waals surface area contributed by atoms with Crippen LogP contribution in [0.25, 0.3) is 0 Å². The second-order valence-corrected chi connectivity index (χ2v) is 3.99. The lowest BCUT2D eigenvalue weighted by Crippen LogP contribution is -2.15. The van der Waals surface area contributed by atoms with Gasteiger partial charge in [0.1, 0.15) is 11.6 Å². The van der Waals surface area contributed by atoms with E-state index in [0.717, 1.165) is 24.2 Å². The SMILES string of the molecule is Nc1ccc(N2CCc3ccc(F)cc32)nn1. The van der Waals surface area contributed by atoms with Crippen LogP contribution in [-0.4, -0.2) is 16.7 Å². The predicted octanol–water partition coefficient (Wildman–Crippen LogP) is 1.89. The average molecular weight is 230 g/mol. The maximum atomic E-state index is 13.2. The number of rotatable bonds is 1. The molecule has 0 aliphatic carbocycles. The lowest BCUT2D eigenvalue weighted by Gasteiger charge is -2.17. The Kier molecular flexibility index (Phi) is 2.18. The Bertz CT molecular complexity index is 553. The Morgan fingerprint density at radius 2 is 2.06 bits per heavy atom. The van der Waals surface area contributed by atoms with Gasteiger partial charge in [0.2, 0.25) is 0 Å². The minimum Gasteiger partial charge on any atom is -0.382 e. The van der Waals surface area contributed by atoms with Gasteiger partial charge in [-0.25, -0.2) is 4.39 Å². The van der Waals surface area contributed by atoms with E-state index in [0.29, 0.717) is 11.6 Å². The first kappa shape index (κ1) is 10.0. The van der Waals surface area contributed by atoms with Crippen molar-refractivity contribution in [2.45, 2.75) is 6.42 Å². The summed E-state index contributed by atoms with van der Waals surface area (Å²) in [5.41, 5.74) is 7.49.